The molecular formula is C20H14Cl2N2. The van der Waals surface area contributed by atoms with Crippen LogP contribution in [0.25, 0.3) is 0 Å². The van der Waals surface area contributed by atoms with Gasteiger partial charge in [-0.05, 0) is 42.0 Å². The minimum absolute atomic E-state index is 0.678. The first-order chi connectivity index (χ1) is 11.7. The van der Waals surface area contributed by atoms with E-state index in [0.29, 0.717) is 10.0 Å². The average Bonchev–Trinajstić information content (AvgIpc) is 2.94. The Morgan fingerprint density at radius 2 is 1.54 bits per heavy atom. The molecule has 0 saturated heterocycles. The van der Waals surface area contributed by atoms with Crippen LogP contribution >= 0.6 is 23.2 Å². The van der Waals surface area contributed by atoms with Crippen LogP contribution in [0.15, 0.2) is 77.8 Å². The molecule has 4 heteroatoms. The number of amidine groups is 1. The fraction of sp³-hybridized carbons (Fsp3) is 0.0500. The number of hydrogen-bond acceptors (Lipinski definition) is 1. The zero-order chi connectivity index (χ0) is 16.5. The molecular weight excluding hydrogens is 339 g/mol. The van der Waals surface area contributed by atoms with Gasteiger partial charge in [0.25, 0.3) is 0 Å². The number of halogens is 2. The van der Waals surface area contributed by atoms with Gasteiger partial charge in [-0.25, -0.2) is 4.99 Å². The van der Waals surface area contributed by atoms with Gasteiger partial charge in [0.05, 0.1) is 12.2 Å². The van der Waals surface area contributed by atoms with Gasteiger partial charge in [-0.3, -0.25) is 0 Å². The van der Waals surface area contributed by atoms with Gasteiger partial charge in [0, 0.05) is 21.3 Å². The zero-order valence-corrected chi connectivity index (χ0v) is 14.3. The Kier molecular flexibility index (Phi) is 4.01. The standard InChI is InChI=1S/C20H14Cl2N2/c21-15-6-3-8-17(11-15)23-20-19-10-2-1-5-14(19)13-24(20)18-9-4-7-16(22)12-18/h1-12H,13H2. The van der Waals surface area contributed by atoms with Gasteiger partial charge >= 0.3 is 0 Å². The van der Waals surface area contributed by atoms with E-state index in [1.165, 1.54) is 5.56 Å². The number of hydrogen-bond donors (Lipinski definition) is 0. The topological polar surface area (TPSA) is 15.6 Å². The van der Waals surface area contributed by atoms with E-state index >= 15 is 0 Å². The molecule has 3 aromatic carbocycles. The lowest BCUT2D eigenvalue weighted by atomic mass is 10.1. The molecule has 0 bridgehead atoms. The van der Waals surface area contributed by atoms with Gasteiger partial charge in [-0.2, -0.15) is 0 Å². The average molecular weight is 353 g/mol. The summed E-state index contributed by atoms with van der Waals surface area (Å²) in [5.41, 5.74) is 4.25. The second kappa shape index (κ2) is 6.31. The lowest BCUT2D eigenvalue weighted by molar-refractivity contribution is 1.05. The molecule has 0 spiro atoms. The van der Waals surface area contributed by atoms with E-state index in [1.807, 2.05) is 54.6 Å². The van der Waals surface area contributed by atoms with Crippen LogP contribution in [-0.4, -0.2) is 5.84 Å². The third-order valence-electron chi connectivity index (χ3n) is 4.01. The smallest absolute Gasteiger partial charge is 0.141 e. The van der Waals surface area contributed by atoms with E-state index in [0.717, 1.165) is 29.3 Å². The van der Waals surface area contributed by atoms with Crippen molar-refractivity contribution in [1.82, 2.24) is 0 Å². The van der Waals surface area contributed by atoms with Crippen molar-refractivity contribution in [3.05, 3.63) is 94.0 Å². The Hall–Kier alpha value is -2.29. The Bertz CT molecular complexity index is 934. The summed E-state index contributed by atoms with van der Waals surface area (Å²) in [7, 11) is 0. The molecule has 1 aliphatic heterocycles. The van der Waals surface area contributed by atoms with Crippen molar-refractivity contribution in [1.29, 1.82) is 0 Å². The second-order valence-electron chi connectivity index (χ2n) is 5.64. The molecule has 0 radical (unpaired) electrons. The molecule has 0 N–H and O–H groups in total. The van der Waals surface area contributed by atoms with Crippen LogP contribution in [0.4, 0.5) is 11.4 Å². The van der Waals surface area contributed by atoms with Gasteiger partial charge in [-0.1, -0.05) is 59.6 Å². The minimum atomic E-state index is 0.678. The normalized spacial score (nSPS) is 14.9. The summed E-state index contributed by atoms with van der Waals surface area (Å²) in [6.45, 7) is 0.774. The lowest BCUT2D eigenvalue weighted by Crippen LogP contribution is -2.23. The highest BCUT2D eigenvalue weighted by Crippen LogP contribution is 2.32. The molecule has 118 valence electrons. The first-order valence-corrected chi connectivity index (χ1v) is 8.42. The Morgan fingerprint density at radius 3 is 2.33 bits per heavy atom. The Balaban J connectivity index is 1.85. The molecule has 0 aliphatic carbocycles. The van der Waals surface area contributed by atoms with Crippen molar-refractivity contribution in [3.63, 3.8) is 0 Å². The predicted molar refractivity (Wildman–Crippen MR) is 102 cm³/mol. The monoisotopic (exact) mass is 352 g/mol. The van der Waals surface area contributed by atoms with E-state index in [4.69, 9.17) is 28.2 Å². The third-order valence-corrected chi connectivity index (χ3v) is 4.48. The third kappa shape index (κ3) is 2.91. The molecule has 0 fully saturated rings. The summed E-state index contributed by atoms with van der Waals surface area (Å²) in [6.07, 6.45) is 0. The zero-order valence-electron chi connectivity index (χ0n) is 12.8. The molecule has 1 aliphatic rings. The van der Waals surface area contributed by atoms with Crippen LogP contribution in [0.5, 0.6) is 0 Å². The van der Waals surface area contributed by atoms with E-state index in [9.17, 15) is 0 Å². The van der Waals surface area contributed by atoms with E-state index in [2.05, 4.69) is 23.1 Å². The maximum atomic E-state index is 6.18. The Morgan fingerprint density at radius 1 is 0.792 bits per heavy atom. The summed E-state index contributed by atoms with van der Waals surface area (Å²) in [5.74, 6) is 0.912. The summed E-state index contributed by atoms with van der Waals surface area (Å²) in [6, 6.07) is 23.7. The summed E-state index contributed by atoms with van der Waals surface area (Å²) >= 11 is 12.3. The highest BCUT2D eigenvalue weighted by atomic mass is 35.5. The van der Waals surface area contributed by atoms with Crippen LogP contribution in [0, 0.1) is 0 Å². The van der Waals surface area contributed by atoms with Crippen molar-refractivity contribution in [2.24, 2.45) is 4.99 Å². The number of aliphatic imine (C=N–C) groups is 1. The van der Waals surface area contributed by atoms with Gasteiger partial charge in [-0.15, -0.1) is 0 Å². The van der Waals surface area contributed by atoms with Gasteiger partial charge in [0.2, 0.25) is 0 Å². The molecule has 1 heterocycles. The second-order valence-corrected chi connectivity index (χ2v) is 6.51. The molecule has 0 atom stereocenters. The van der Waals surface area contributed by atoms with Crippen LogP contribution < -0.4 is 4.90 Å². The maximum Gasteiger partial charge on any atom is 0.141 e. The first kappa shape index (κ1) is 15.3. The molecule has 0 aromatic heterocycles. The predicted octanol–water partition coefficient (Wildman–Crippen LogP) is 6.09. The molecule has 0 unspecified atom stereocenters. The fourth-order valence-corrected chi connectivity index (χ4v) is 3.28. The molecule has 3 aromatic rings. The number of nitrogens with zero attached hydrogens (tertiary/aromatic N) is 2. The number of benzene rings is 3. The van der Waals surface area contributed by atoms with E-state index in [1.54, 1.807) is 0 Å². The van der Waals surface area contributed by atoms with Crippen molar-refractivity contribution >= 4 is 40.4 Å². The molecule has 2 nitrogen and oxygen atoms in total. The number of anilines is 1. The van der Waals surface area contributed by atoms with Gasteiger partial charge in [0.15, 0.2) is 0 Å². The van der Waals surface area contributed by atoms with E-state index < -0.39 is 0 Å². The van der Waals surface area contributed by atoms with Crippen molar-refractivity contribution in [2.45, 2.75) is 6.54 Å². The summed E-state index contributed by atoms with van der Waals surface area (Å²) < 4.78 is 0. The van der Waals surface area contributed by atoms with Crippen molar-refractivity contribution in [2.75, 3.05) is 4.90 Å². The molecule has 0 amide bonds. The SMILES string of the molecule is Clc1cccc(N=C2c3ccccc3CN2c2cccc(Cl)c2)c1. The highest BCUT2D eigenvalue weighted by Gasteiger charge is 2.26. The van der Waals surface area contributed by atoms with Crippen LogP contribution in [0.3, 0.4) is 0 Å². The molecule has 24 heavy (non-hydrogen) atoms. The largest absolute Gasteiger partial charge is 0.321 e. The Labute approximate surface area is 151 Å². The minimum Gasteiger partial charge on any atom is -0.321 e. The molecule has 4 rings (SSSR count). The molecule has 0 saturated carbocycles. The van der Waals surface area contributed by atoms with Crippen molar-refractivity contribution in [3.8, 4) is 0 Å². The van der Waals surface area contributed by atoms with Gasteiger partial charge in [0.1, 0.15) is 5.84 Å². The van der Waals surface area contributed by atoms with Crippen molar-refractivity contribution < 1.29 is 0 Å². The van der Waals surface area contributed by atoms with E-state index in [-0.39, 0.29) is 0 Å². The van der Waals surface area contributed by atoms with Gasteiger partial charge < -0.3 is 4.90 Å². The van der Waals surface area contributed by atoms with Crippen LogP contribution in [0.2, 0.25) is 10.0 Å². The summed E-state index contributed by atoms with van der Waals surface area (Å²) in [5, 5.41) is 1.39. The first-order valence-electron chi connectivity index (χ1n) is 7.66. The summed E-state index contributed by atoms with van der Waals surface area (Å²) in [4.78, 5) is 7.04. The lowest BCUT2D eigenvalue weighted by Gasteiger charge is -2.19. The highest BCUT2D eigenvalue weighted by molar-refractivity contribution is 6.31. The number of fused-ring (bicyclic) bond motifs is 1. The maximum absolute atomic E-state index is 6.18. The quantitative estimate of drug-likeness (QED) is 0.544. The van der Waals surface area contributed by atoms with Crippen LogP contribution in [0.1, 0.15) is 11.1 Å². The fourth-order valence-electron chi connectivity index (χ4n) is 2.91. The van der Waals surface area contributed by atoms with Crippen LogP contribution in [-0.2, 0) is 6.54 Å². The number of rotatable bonds is 2.